The van der Waals surface area contributed by atoms with Crippen molar-refractivity contribution < 1.29 is 9.59 Å². The van der Waals surface area contributed by atoms with Crippen LogP contribution in [0.25, 0.3) is 0 Å². The molecular formula is C13H17N3O2S. The number of amides is 2. The van der Waals surface area contributed by atoms with Gasteiger partial charge in [-0.3, -0.25) is 14.9 Å². The molecule has 1 aliphatic rings. The largest absolute Gasteiger partial charge is 0.343 e. The Morgan fingerprint density at radius 2 is 2.11 bits per heavy atom. The average Bonchev–Trinajstić information content (AvgIpc) is 2.93. The molecule has 1 aromatic carbocycles. The number of rotatable bonds is 4. The minimum atomic E-state index is -0.555. The molecule has 0 spiro atoms. The summed E-state index contributed by atoms with van der Waals surface area (Å²) >= 11 is 1.68. The van der Waals surface area contributed by atoms with Crippen molar-refractivity contribution in [2.45, 2.75) is 19.0 Å². The maximum atomic E-state index is 11.9. The van der Waals surface area contributed by atoms with Crippen LogP contribution >= 0.6 is 11.8 Å². The lowest BCUT2D eigenvalue weighted by atomic mass is 10.2. The third-order valence-electron chi connectivity index (χ3n) is 2.83. The monoisotopic (exact) mass is 279 g/mol. The van der Waals surface area contributed by atoms with Crippen LogP contribution in [0.5, 0.6) is 0 Å². The molecule has 6 heteroatoms. The topological polar surface area (TPSA) is 70.2 Å². The van der Waals surface area contributed by atoms with Gasteiger partial charge in [-0.15, -0.1) is 11.8 Å². The van der Waals surface area contributed by atoms with Crippen molar-refractivity contribution in [1.29, 1.82) is 0 Å². The van der Waals surface area contributed by atoms with Crippen LogP contribution < -0.4 is 16.0 Å². The zero-order valence-corrected chi connectivity index (χ0v) is 11.5. The maximum Gasteiger partial charge on any atom is 0.246 e. The zero-order valence-electron chi connectivity index (χ0n) is 10.7. The van der Waals surface area contributed by atoms with Crippen molar-refractivity contribution in [2.75, 3.05) is 16.9 Å². The Hall–Kier alpha value is -1.53. The SMILES string of the molecule is CC(NC(=O)C1CSCN1)C(=O)Nc1ccccc1. The van der Waals surface area contributed by atoms with E-state index in [9.17, 15) is 9.59 Å². The number of para-hydroxylation sites is 1. The molecule has 0 radical (unpaired) electrons. The molecule has 2 amide bonds. The van der Waals surface area contributed by atoms with E-state index in [0.29, 0.717) is 0 Å². The Morgan fingerprint density at radius 3 is 2.74 bits per heavy atom. The third kappa shape index (κ3) is 3.97. The minimum Gasteiger partial charge on any atom is -0.343 e. The number of hydrogen-bond acceptors (Lipinski definition) is 4. The van der Waals surface area contributed by atoms with Gasteiger partial charge in [-0.05, 0) is 19.1 Å². The van der Waals surface area contributed by atoms with E-state index in [1.807, 2.05) is 30.3 Å². The number of carbonyl (C=O) groups is 2. The fourth-order valence-corrected chi connectivity index (χ4v) is 2.66. The molecular weight excluding hydrogens is 262 g/mol. The molecule has 1 saturated heterocycles. The van der Waals surface area contributed by atoms with E-state index in [2.05, 4.69) is 16.0 Å². The van der Waals surface area contributed by atoms with Crippen LogP contribution in [-0.4, -0.2) is 35.5 Å². The van der Waals surface area contributed by atoms with E-state index in [-0.39, 0.29) is 17.9 Å². The molecule has 0 saturated carbocycles. The Labute approximate surface area is 116 Å². The summed E-state index contributed by atoms with van der Waals surface area (Å²) in [6.45, 7) is 1.68. The number of nitrogens with one attached hydrogen (secondary N) is 3. The van der Waals surface area contributed by atoms with Gasteiger partial charge in [0.15, 0.2) is 0 Å². The summed E-state index contributed by atoms with van der Waals surface area (Å²) in [6, 6.07) is 8.43. The molecule has 0 bridgehead atoms. The van der Waals surface area contributed by atoms with Crippen molar-refractivity contribution in [2.24, 2.45) is 0 Å². The number of anilines is 1. The molecule has 1 aromatic rings. The fraction of sp³-hybridized carbons (Fsp3) is 0.385. The van der Waals surface area contributed by atoms with Crippen molar-refractivity contribution in [3.8, 4) is 0 Å². The summed E-state index contributed by atoms with van der Waals surface area (Å²) in [5, 5.41) is 8.54. The second kappa shape index (κ2) is 6.58. The molecule has 2 rings (SSSR count). The Kier molecular flexibility index (Phi) is 4.81. The first kappa shape index (κ1) is 13.9. The Balaban J connectivity index is 1.83. The molecule has 1 aliphatic heterocycles. The van der Waals surface area contributed by atoms with Crippen molar-refractivity contribution in [1.82, 2.24) is 10.6 Å². The van der Waals surface area contributed by atoms with Crippen molar-refractivity contribution in [3.05, 3.63) is 30.3 Å². The Morgan fingerprint density at radius 1 is 1.37 bits per heavy atom. The third-order valence-corrected chi connectivity index (χ3v) is 3.77. The number of thioether (sulfide) groups is 1. The van der Waals surface area contributed by atoms with E-state index < -0.39 is 6.04 Å². The number of hydrogen-bond donors (Lipinski definition) is 3. The van der Waals surface area contributed by atoms with Gasteiger partial charge in [0.25, 0.3) is 0 Å². The van der Waals surface area contributed by atoms with Crippen LogP contribution in [0.4, 0.5) is 5.69 Å². The molecule has 3 N–H and O–H groups in total. The van der Waals surface area contributed by atoms with E-state index in [1.54, 1.807) is 18.7 Å². The summed E-state index contributed by atoms with van der Waals surface area (Å²) in [4.78, 5) is 23.8. The molecule has 0 aliphatic carbocycles. The van der Waals surface area contributed by atoms with E-state index in [1.165, 1.54) is 0 Å². The summed E-state index contributed by atoms with van der Waals surface area (Å²) in [7, 11) is 0. The standard InChI is InChI=1S/C13H17N3O2S/c1-9(15-13(18)11-7-19-8-14-11)12(17)16-10-5-3-2-4-6-10/h2-6,9,11,14H,7-8H2,1H3,(H,15,18)(H,16,17). The fourth-order valence-electron chi connectivity index (χ4n) is 1.72. The zero-order chi connectivity index (χ0) is 13.7. The van der Waals surface area contributed by atoms with Gasteiger partial charge in [-0.25, -0.2) is 0 Å². The van der Waals surface area contributed by atoms with Crippen LogP contribution in [0.1, 0.15) is 6.92 Å². The van der Waals surface area contributed by atoms with Gasteiger partial charge in [0, 0.05) is 17.3 Å². The highest BCUT2D eigenvalue weighted by Gasteiger charge is 2.25. The summed E-state index contributed by atoms with van der Waals surface area (Å²) in [5.41, 5.74) is 0.725. The summed E-state index contributed by atoms with van der Waals surface area (Å²) < 4.78 is 0. The van der Waals surface area contributed by atoms with Gasteiger partial charge in [0.05, 0.1) is 6.04 Å². The molecule has 1 fully saturated rings. The summed E-state index contributed by atoms with van der Waals surface area (Å²) in [5.74, 6) is 1.19. The van der Waals surface area contributed by atoms with Crippen LogP contribution in [-0.2, 0) is 9.59 Å². The minimum absolute atomic E-state index is 0.124. The molecule has 1 heterocycles. The van der Waals surface area contributed by atoms with Crippen molar-refractivity contribution >= 4 is 29.3 Å². The quantitative estimate of drug-likeness (QED) is 0.762. The van der Waals surface area contributed by atoms with Gasteiger partial charge in [0.1, 0.15) is 6.04 Å². The van der Waals surface area contributed by atoms with Gasteiger partial charge >= 0.3 is 0 Å². The molecule has 102 valence electrons. The molecule has 2 atom stereocenters. The second-order valence-electron chi connectivity index (χ2n) is 4.36. The smallest absolute Gasteiger partial charge is 0.246 e. The first-order valence-corrected chi connectivity index (χ1v) is 7.29. The summed E-state index contributed by atoms with van der Waals surface area (Å²) in [6.07, 6.45) is 0. The maximum absolute atomic E-state index is 11.9. The first-order valence-electron chi connectivity index (χ1n) is 6.14. The lowest BCUT2D eigenvalue weighted by Gasteiger charge is -2.16. The average molecular weight is 279 g/mol. The van der Waals surface area contributed by atoms with Crippen LogP contribution in [0.3, 0.4) is 0 Å². The lowest BCUT2D eigenvalue weighted by molar-refractivity contribution is -0.127. The van der Waals surface area contributed by atoms with Crippen LogP contribution in [0.15, 0.2) is 30.3 Å². The first-order chi connectivity index (χ1) is 9.16. The van der Waals surface area contributed by atoms with Crippen LogP contribution in [0, 0.1) is 0 Å². The highest BCUT2D eigenvalue weighted by Crippen LogP contribution is 2.10. The van der Waals surface area contributed by atoms with Crippen LogP contribution in [0.2, 0.25) is 0 Å². The predicted octanol–water partition coefficient (Wildman–Crippen LogP) is 0.792. The van der Waals surface area contributed by atoms with E-state index >= 15 is 0 Å². The van der Waals surface area contributed by atoms with Gasteiger partial charge in [-0.2, -0.15) is 0 Å². The normalized spacial score (nSPS) is 19.7. The number of benzene rings is 1. The Bertz CT molecular complexity index is 446. The molecule has 19 heavy (non-hydrogen) atoms. The molecule has 5 nitrogen and oxygen atoms in total. The lowest BCUT2D eigenvalue weighted by Crippen LogP contribution is -2.49. The highest BCUT2D eigenvalue weighted by atomic mass is 32.2. The van der Waals surface area contributed by atoms with Gasteiger partial charge in [-0.1, -0.05) is 18.2 Å². The van der Waals surface area contributed by atoms with E-state index in [0.717, 1.165) is 17.3 Å². The highest BCUT2D eigenvalue weighted by molar-refractivity contribution is 7.99. The molecule has 2 unspecified atom stereocenters. The van der Waals surface area contributed by atoms with Gasteiger partial charge in [0.2, 0.25) is 11.8 Å². The van der Waals surface area contributed by atoms with Gasteiger partial charge < -0.3 is 10.6 Å². The number of carbonyl (C=O) groups excluding carboxylic acids is 2. The van der Waals surface area contributed by atoms with Crippen molar-refractivity contribution in [3.63, 3.8) is 0 Å². The van der Waals surface area contributed by atoms with E-state index in [4.69, 9.17) is 0 Å². The second-order valence-corrected chi connectivity index (χ2v) is 5.39. The molecule has 0 aromatic heterocycles. The predicted molar refractivity (Wildman–Crippen MR) is 76.9 cm³/mol.